The third-order valence-electron chi connectivity index (χ3n) is 4.38. The minimum absolute atomic E-state index is 0.0346. The van der Waals surface area contributed by atoms with Crippen molar-refractivity contribution in [3.63, 3.8) is 0 Å². The van der Waals surface area contributed by atoms with Crippen LogP contribution >= 0.6 is 0 Å². The number of rotatable bonds is 1. The van der Waals surface area contributed by atoms with Gasteiger partial charge in [-0.15, -0.1) is 0 Å². The Morgan fingerprint density at radius 3 is 2.60 bits per heavy atom. The second-order valence-corrected chi connectivity index (χ2v) is 5.80. The molecule has 0 saturated carbocycles. The average Bonchev–Trinajstić information content (AvgIpc) is 2.66. The topological polar surface area (TPSA) is 52.6 Å². The zero-order valence-electron chi connectivity index (χ0n) is 11.7. The van der Waals surface area contributed by atoms with Gasteiger partial charge in [0.25, 0.3) is 0 Å². The smallest absolute Gasteiger partial charge is 0.317 e. The maximum absolute atomic E-state index is 12.4. The molecule has 1 aliphatic heterocycles. The predicted molar refractivity (Wildman–Crippen MR) is 77.5 cm³/mol. The molecule has 1 aromatic rings. The maximum Gasteiger partial charge on any atom is 0.317 e. The third kappa shape index (κ3) is 2.66. The number of hydrogen-bond donors (Lipinski definition) is 2. The Morgan fingerprint density at radius 2 is 1.85 bits per heavy atom. The number of aliphatic hydroxyl groups excluding tert-OH is 1. The predicted octanol–water partition coefficient (Wildman–Crippen LogP) is 2.23. The van der Waals surface area contributed by atoms with Crippen molar-refractivity contribution in [2.24, 2.45) is 0 Å². The zero-order chi connectivity index (χ0) is 13.9. The summed E-state index contributed by atoms with van der Waals surface area (Å²) in [6, 6.07) is 7.66. The number of benzene rings is 1. The summed E-state index contributed by atoms with van der Waals surface area (Å²) in [4.78, 5) is 14.3. The van der Waals surface area contributed by atoms with Crippen LogP contribution in [0.25, 0.3) is 0 Å². The number of nitrogens with zero attached hydrogens (tertiary/aromatic N) is 1. The summed E-state index contributed by atoms with van der Waals surface area (Å²) >= 11 is 0. The van der Waals surface area contributed by atoms with Crippen LogP contribution in [0.1, 0.15) is 42.9 Å². The largest absolute Gasteiger partial charge is 0.390 e. The number of hydrogen-bond acceptors (Lipinski definition) is 2. The lowest BCUT2D eigenvalue weighted by molar-refractivity contribution is 0.134. The summed E-state index contributed by atoms with van der Waals surface area (Å²) in [6.45, 7) is 1.66. The first-order valence-corrected chi connectivity index (χ1v) is 7.57. The summed E-state index contributed by atoms with van der Waals surface area (Å²) < 4.78 is 0. The van der Waals surface area contributed by atoms with Crippen molar-refractivity contribution in [2.45, 2.75) is 44.2 Å². The van der Waals surface area contributed by atoms with Crippen LogP contribution in [0.3, 0.4) is 0 Å². The Morgan fingerprint density at radius 1 is 1.15 bits per heavy atom. The van der Waals surface area contributed by atoms with Crippen LogP contribution in [0.15, 0.2) is 24.3 Å². The van der Waals surface area contributed by atoms with E-state index in [-0.39, 0.29) is 12.1 Å². The summed E-state index contributed by atoms with van der Waals surface area (Å²) in [5.41, 5.74) is 2.20. The fraction of sp³-hybridized carbons (Fsp3) is 0.562. The zero-order valence-corrected chi connectivity index (χ0v) is 11.7. The number of fused-ring (bicyclic) bond motifs is 1. The van der Waals surface area contributed by atoms with Gasteiger partial charge in [0, 0.05) is 19.5 Å². The van der Waals surface area contributed by atoms with Crippen LogP contribution in [0.2, 0.25) is 0 Å². The molecule has 4 nitrogen and oxygen atoms in total. The van der Waals surface area contributed by atoms with Crippen molar-refractivity contribution in [1.29, 1.82) is 0 Å². The molecule has 2 atom stereocenters. The molecule has 1 aromatic carbocycles. The van der Waals surface area contributed by atoms with Crippen molar-refractivity contribution < 1.29 is 9.90 Å². The Kier molecular flexibility index (Phi) is 3.92. The van der Waals surface area contributed by atoms with Crippen LogP contribution in [-0.2, 0) is 6.42 Å². The molecule has 20 heavy (non-hydrogen) atoms. The molecule has 108 valence electrons. The number of carbonyl (C=O) groups is 1. The molecule has 3 rings (SSSR count). The molecule has 0 aromatic heterocycles. The highest BCUT2D eigenvalue weighted by molar-refractivity contribution is 5.75. The normalized spacial score (nSPS) is 25.9. The van der Waals surface area contributed by atoms with Gasteiger partial charge in [0.15, 0.2) is 0 Å². The average molecular weight is 274 g/mol. The number of likely N-dealkylation sites (tertiary alicyclic amines) is 1. The maximum atomic E-state index is 12.4. The molecule has 2 aliphatic rings. The molecule has 0 spiro atoms. The molecule has 2 amide bonds. The second kappa shape index (κ2) is 5.83. The van der Waals surface area contributed by atoms with E-state index in [2.05, 4.69) is 5.32 Å². The summed E-state index contributed by atoms with van der Waals surface area (Å²) in [5.74, 6) is 0. The highest BCUT2D eigenvalue weighted by atomic mass is 16.3. The van der Waals surface area contributed by atoms with E-state index < -0.39 is 6.10 Å². The molecule has 2 N–H and O–H groups in total. The van der Waals surface area contributed by atoms with E-state index in [0.717, 1.165) is 37.1 Å². The number of aliphatic hydroxyl groups is 1. The molecule has 1 fully saturated rings. The molecule has 4 heteroatoms. The fourth-order valence-electron chi connectivity index (χ4n) is 3.25. The van der Waals surface area contributed by atoms with Gasteiger partial charge in [0.05, 0.1) is 12.1 Å². The minimum Gasteiger partial charge on any atom is -0.390 e. The van der Waals surface area contributed by atoms with E-state index in [1.807, 2.05) is 29.2 Å². The molecule has 0 bridgehead atoms. The highest BCUT2D eigenvalue weighted by Gasteiger charge is 2.32. The highest BCUT2D eigenvalue weighted by Crippen LogP contribution is 2.31. The van der Waals surface area contributed by atoms with Crippen LogP contribution in [0.4, 0.5) is 4.79 Å². The lowest BCUT2D eigenvalue weighted by Gasteiger charge is -2.25. The monoisotopic (exact) mass is 274 g/mol. The number of amides is 2. The van der Waals surface area contributed by atoms with E-state index in [0.29, 0.717) is 6.42 Å². The van der Waals surface area contributed by atoms with Crippen molar-refractivity contribution in [2.75, 3.05) is 13.1 Å². The molecular formula is C16H22N2O2. The SMILES string of the molecule is O=C(N[C@H]1c2ccccc2C[C@H]1O)N1CCCCCC1. The molecule has 1 saturated heterocycles. The quantitative estimate of drug-likeness (QED) is 0.825. The van der Waals surface area contributed by atoms with Gasteiger partial charge in [0.1, 0.15) is 0 Å². The number of carbonyl (C=O) groups excluding carboxylic acids is 1. The third-order valence-corrected chi connectivity index (χ3v) is 4.38. The van der Waals surface area contributed by atoms with E-state index in [1.165, 1.54) is 12.8 Å². The second-order valence-electron chi connectivity index (χ2n) is 5.80. The lowest BCUT2D eigenvalue weighted by Crippen LogP contribution is -2.44. The van der Waals surface area contributed by atoms with Gasteiger partial charge in [-0.1, -0.05) is 37.1 Å². The molecular weight excluding hydrogens is 252 g/mol. The molecule has 1 aliphatic carbocycles. The van der Waals surface area contributed by atoms with Gasteiger partial charge in [-0.3, -0.25) is 0 Å². The first-order chi connectivity index (χ1) is 9.75. The molecule has 0 radical (unpaired) electrons. The first-order valence-electron chi connectivity index (χ1n) is 7.57. The number of urea groups is 1. The molecule has 0 unspecified atom stereocenters. The number of nitrogens with one attached hydrogen (secondary N) is 1. The minimum atomic E-state index is -0.511. The van der Waals surface area contributed by atoms with Gasteiger partial charge >= 0.3 is 6.03 Å². The lowest BCUT2D eigenvalue weighted by atomic mass is 10.1. The Hall–Kier alpha value is -1.55. The van der Waals surface area contributed by atoms with Gasteiger partial charge in [0.2, 0.25) is 0 Å². The summed E-state index contributed by atoms with van der Waals surface area (Å²) in [7, 11) is 0. The van der Waals surface area contributed by atoms with Gasteiger partial charge in [-0.2, -0.15) is 0 Å². The van der Waals surface area contributed by atoms with Gasteiger partial charge in [-0.05, 0) is 24.0 Å². The van der Waals surface area contributed by atoms with E-state index in [1.54, 1.807) is 0 Å². The van der Waals surface area contributed by atoms with E-state index in [9.17, 15) is 9.90 Å². The fourth-order valence-corrected chi connectivity index (χ4v) is 3.25. The Bertz CT molecular complexity index is 481. The van der Waals surface area contributed by atoms with E-state index in [4.69, 9.17) is 0 Å². The van der Waals surface area contributed by atoms with Crippen LogP contribution in [0.5, 0.6) is 0 Å². The Labute approximate surface area is 119 Å². The van der Waals surface area contributed by atoms with Crippen molar-refractivity contribution in [1.82, 2.24) is 10.2 Å². The van der Waals surface area contributed by atoms with Crippen LogP contribution in [0, 0.1) is 0 Å². The standard InChI is InChI=1S/C16H22N2O2/c19-14-11-12-7-3-4-8-13(12)15(14)17-16(20)18-9-5-1-2-6-10-18/h3-4,7-8,14-15,19H,1-2,5-6,9-11H2,(H,17,20)/t14-,15+/m1/s1. The van der Waals surface area contributed by atoms with Crippen LogP contribution in [-0.4, -0.2) is 35.2 Å². The van der Waals surface area contributed by atoms with Gasteiger partial charge < -0.3 is 15.3 Å². The summed E-state index contributed by atoms with van der Waals surface area (Å²) in [5, 5.41) is 13.2. The van der Waals surface area contributed by atoms with Crippen molar-refractivity contribution >= 4 is 6.03 Å². The Balaban J connectivity index is 1.69. The van der Waals surface area contributed by atoms with Crippen molar-refractivity contribution in [3.05, 3.63) is 35.4 Å². The molecule has 1 heterocycles. The first kappa shape index (κ1) is 13.4. The van der Waals surface area contributed by atoms with Crippen LogP contribution < -0.4 is 5.32 Å². The van der Waals surface area contributed by atoms with E-state index >= 15 is 0 Å². The van der Waals surface area contributed by atoms with Crippen molar-refractivity contribution in [3.8, 4) is 0 Å². The van der Waals surface area contributed by atoms with Gasteiger partial charge in [-0.25, -0.2) is 4.79 Å². The summed E-state index contributed by atoms with van der Waals surface area (Å²) in [6.07, 6.45) is 4.69.